The van der Waals surface area contributed by atoms with Gasteiger partial charge in [-0.3, -0.25) is 4.79 Å². The number of hydrogen-bond acceptors (Lipinski definition) is 2. The highest BCUT2D eigenvalue weighted by molar-refractivity contribution is 5.97. The second-order valence-corrected chi connectivity index (χ2v) is 6.74. The third-order valence-electron chi connectivity index (χ3n) is 4.78. The van der Waals surface area contributed by atoms with Crippen LogP contribution in [-0.4, -0.2) is 26.8 Å². The second kappa shape index (κ2) is 7.96. The van der Waals surface area contributed by atoms with Crippen molar-refractivity contribution in [1.29, 1.82) is 0 Å². The van der Waals surface area contributed by atoms with Gasteiger partial charge in [-0.1, -0.05) is 55.5 Å². The smallest absolute Gasteiger partial charge is 0.256 e. The van der Waals surface area contributed by atoms with Gasteiger partial charge in [0.2, 0.25) is 0 Å². The average molecular weight is 370 g/mol. The lowest BCUT2D eigenvalue weighted by atomic mass is 10.0. The molecule has 1 atom stereocenters. The zero-order chi connectivity index (χ0) is 19.3. The van der Waals surface area contributed by atoms with Crippen LogP contribution in [-0.2, 0) is 0 Å². The predicted molar refractivity (Wildman–Crippen MR) is 110 cm³/mol. The fraction of sp³-hybridized carbons (Fsp3) is 0.130. The Balaban J connectivity index is 1.61. The summed E-state index contributed by atoms with van der Waals surface area (Å²) in [6.45, 7) is 2.67. The van der Waals surface area contributed by atoms with Gasteiger partial charge >= 0.3 is 0 Å². The molecule has 28 heavy (non-hydrogen) atoms. The number of carbonyl (C=O) groups is 1. The molecule has 0 spiro atoms. The van der Waals surface area contributed by atoms with Gasteiger partial charge in [0.25, 0.3) is 5.91 Å². The number of amides is 1. The van der Waals surface area contributed by atoms with Crippen molar-refractivity contribution in [3.63, 3.8) is 0 Å². The minimum Gasteiger partial charge on any atom is -0.351 e. The molecule has 0 aliphatic carbocycles. The summed E-state index contributed by atoms with van der Waals surface area (Å²) in [5.74, 6) is 0.819. The summed E-state index contributed by atoms with van der Waals surface area (Å²) >= 11 is 0. The molecule has 5 heteroatoms. The fourth-order valence-electron chi connectivity index (χ4n) is 3.22. The van der Waals surface area contributed by atoms with E-state index >= 15 is 0 Å². The predicted octanol–water partition coefficient (Wildman–Crippen LogP) is 4.20. The Kier molecular flexibility index (Phi) is 5.06. The monoisotopic (exact) mass is 370 g/mol. The van der Waals surface area contributed by atoms with Gasteiger partial charge in [0, 0.05) is 18.9 Å². The van der Waals surface area contributed by atoms with Crippen LogP contribution in [0.3, 0.4) is 0 Å². The van der Waals surface area contributed by atoms with Crippen LogP contribution < -0.4 is 5.32 Å². The lowest BCUT2D eigenvalue weighted by Crippen LogP contribution is -2.28. The molecule has 0 aliphatic rings. The molecular formula is C23H22N4O. The van der Waals surface area contributed by atoms with Crippen molar-refractivity contribution in [3.05, 3.63) is 103 Å². The molecule has 140 valence electrons. The number of rotatable bonds is 6. The largest absolute Gasteiger partial charge is 0.351 e. The molecule has 0 saturated carbocycles. The molecule has 0 saturated heterocycles. The number of aromatic nitrogens is 3. The Labute approximate surface area is 164 Å². The van der Waals surface area contributed by atoms with Crippen LogP contribution in [0.15, 0.2) is 91.4 Å². The summed E-state index contributed by atoms with van der Waals surface area (Å²) in [5.41, 5.74) is 2.65. The van der Waals surface area contributed by atoms with Gasteiger partial charge in [-0.15, -0.1) is 0 Å². The molecule has 2 heterocycles. The van der Waals surface area contributed by atoms with Crippen molar-refractivity contribution in [2.24, 2.45) is 0 Å². The quantitative estimate of drug-likeness (QED) is 0.553. The van der Waals surface area contributed by atoms with Gasteiger partial charge in [-0.25, -0.2) is 4.68 Å². The zero-order valence-corrected chi connectivity index (χ0v) is 15.7. The normalized spacial score (nSPS) is 11.9. The van der Waals surface area contributed by atoms with Crippen LogP contribution >= 0.6 is 0 Å². The lowest BCUT2D eigenvalue weighted by molar-refractivity contribution is 0.0951. The first-order chi connectivity index (χ1) is 13.7. The van der Waals surface area contributed by atoms with E-state index in [0.717, 1.165) is 11.5 Å². The second-order valence-electron chi connectivity index (χ2n) is 6.74. The van der Waals surface area contributed by atoms with Gasteiger partial charge < -0.3 is 9.88 Å². The first-order valence-electron chi connectivity index (χ1n) is 9.34. The fourth-order valence-corrected chi connectivity index (χ4v) is 3.22. The lowest BCUT2D eigenvalue weighted by Gasteiger charge is -2.14. The minimum atomic E-state index is -0.131. The summed E-state index contributed by atoms with van der Waals surface area (Å²) < 4.78 is 3.70. The van der Waals surface area contributed by atoms with Crippen LogP contribution in [0, 0.1) is 0 Å². The Hall–Kier alpha value is -3.60. The molecule has 5 nitrogen and oxygen atoms in total. The van der Waals surface area contributed by atoms with Gasteiger partial charge in [0.15, 0.2) is 5.82 Å². The Bertz CT molecular complexity index is 1040. The van der Waals surface area contributed by atoms with Crippen molar-refractivity contribution in [1.82, 2.24) is 19.7 Å². The SMILES string of the molecule is C[C@@H](CNC(=O)c1cnn(-c2ccccc2)c1-n1cccc1)c1ccccc1. The molecular weight excluding hydrogens is 348 g/mol. The maximum atomic E-state index is 13.0. The third-order valence-corrected chi connectivity index (χ3v) is 4.78. The molecule has 0 unspecified atom stereocenters. The number of nitrogens with one attached hydrogen (secondary N) is 1. The molecule has 1 N–H and O–H groups in total. The van der Waals surface area contributed by atoms with Crippen LogP contribution in [0.5, 0.6) is 0 Å². The van der Waals surface area contributed by atoms with Gasteiger partial charge in [-0.05, 0) is 35.7 Å². The summed E-state index contributed by atoms with van der Waals surface area (Å²) in [6, 6.07) is 23.9. The summed E-state index contributed by atoms with van der Waals surface area (Å²) in [4.78, 5) is 13.0. The zero-order valence-electron chi connectivity index (χ0n) is 15.7. The van der Waals surface area contributed by atoms with E-state index in [2.05, 4.69) is 29.5 Å². The first-order valence-corrected chi connectivity index (χ1v) is 9.34. The Morgan fingerprint density at radius 2 is 1.61 bits per heavy atom. The van der Waals surface area contributed by atoms with Crippen molar-refractivity contribution < 1.29 is 4.79 Å². The van der Waals surface area contributed by atoms with Crippen LogP contribution in [0.1, 0.15) is 28.8 Å². The Morgan fingerprint density at radius 3 is 2.29 bits per heavy atom. The van der Waals surface area contributed by atoms with E-state index in [0.29, 0.717) is 12.1 Å². The molecule has 4 aromatic rings. The third kappa shape index (κ3) is 3.60. The minimum absolute atomic E-state index is 0.131. The summed E-state index contributed by atoms with van der Waals surface area (Å²) in [6.07, 6.45) is 5.46. The summed E-state index contributed by atoms with van der Waals surface area (Å²) in [7, 11) is 0. The number of nitrogens with zero attached hydrogens (tertiary/aromatic N) is 3. The molecule has 0 aliphatic heterocycles. The molecule has 1 amide bonds. The van der Waals surface area contributed by atoms with E-state index in [1.54, 1.807) is 10.9 Å². The topological polar surface area (TPSA) is 51.9 Å². The van der Waals surface area contributed by atoms with Crippen molar-refractivity contribution in [2.75, 3.05) is 6.54 Å². The first kappa shape index (κ1) is 17.8. The van der Waals surface area contributed by atoms with Gasteiger partial charge in [-0.2, -0.15) is 5.10 Å². The number of benzene rings is 2. The molecule has 0 fully saturated rings. The van der Waals surface area contributed by atoms with E-state index in [4.69, 9.17) is 0 Å². The average Bonchev–Trinajstić information content (AvgIpc) is 3.42. The molecule has 0 bridgehead atoms. The van der Waals surface area contributed by atoms with Gasteiger partial charge in [0.05, 0.1) is 11.9 Å². The standard InChI is InChI=1S/C23H22N4O/c1-18(19-10-4-2-5-11-19)16-24-22(28)21-17-25-27(20-12-6-3-7-13-20)23(21)26-14-8-9-15-26/h2-15,17-18H,16H2,1H3,(H,24,28)/t18-/m0/s1. The number of carbonyl (C=O) groups excluding carboxylic acids is 1. The van der Waals surface area contributed by atoms with Crippen molar-refractivity contribution in [2.45, 2.75) is 12.8 Å². The molecule has 4 rings (SSSR count). The molecule has 2 aromatic heterocycles. The number of para-hydroxylation sites is 1. The van der Waals surface area contributed by atoms with E-state index in [-0.39, 0.29) is 11.8 Å². The van der Waals surface area contributed by atoms with Crippen LogP contribution in [0.25, 0.3) is 11.5 Å². The van der Waals surface area contributed by atoms with E-state index in [1.807, 2.05) is 77.6 Å². The van der Waals surface area contributed by atoms with Crippen LogP contribution in [0.2, 0.25) is 0 Å². The van der Waals surface area contributed by atoms with Gasteiger partial charge in [0.1, 0.15) is 5.56 Å². The van der Waals surface area contributed by atoms with Crippen molar-refractivity contribution in [3.8, 4) is 11.5 Å². The highest BCUT2D eigenvalue weighted by Gasteiger charge is 2.20. The highest BCUT2D eigenvalue weighted by Crippen LogP contribution is 2.20. The van der Waals surface area contributed by atoms with E-state index in [9.17, 15) is 4.79 Å². The van der Waals surface area contributed by atoms with E-state index < -0.39 is 0 Å². The molecule has 2 aromatic carbocycles. The summed E-state index contributed by atoms with van der Waals surface area (Å²) in [5, 5.41) is 7.54. The maximum Gasteiger partial charge on any atom is 0.256 e. The van der Waals surface area contributed by atoms with E-state index in [1.165, 1.54) is 5.56 Å². The highest BCUT2D eigenvalue weighted by atomic mass is 16.1. The Morgan fingerprint density at radius 1 is 0.964 bits per heavy atom. The maximum absolute atomic E-state index is 13.0. The van der Waals surface area contributed by atoms with Crippen LogP contribution in [0.4, 0.5) is 0 Å². The molecule has 0 radical (unpaired) electrons. The van der Waals surface area contributed by atoms with Crippen molar-refractivity contribution >= 4 is 5.91 Å². The number of hydrogen-bond donors (Lipinski definition) is 1.